The van der Waals surface area contributed by atoms with Crippen molar-refractivity contribution in [2.24, 2.45) is 5.92 Å². The first-order valence-corrected chi connectivity index (χ1v) is 5.14. The van der Waals surface area contributed by atoms with Gasteiger partial charge in [0.05, 0.1) is 5.69 Å². The topological polar surface area (TPSA) is 12.0 Å². The van der Waals surface area contributed by atoms with Crippen molar-refractivity contribution >= 4 is 5.69 Å². The number of nitrogens with one attached hydrogen (secondary N) is 1. The highest BCUT2D eigenvalue weighted by molar-refractivity contribution is 5.51. The van der Waals surface area contributed by atoms with E-state index >= 15 is 0 Å². The molecule has 1 aromatic carbocycles. The highest BCUT2D eigenvalue weighted by Crippen LogP contribution is 2.19. The zero-order chi connectivity index (χ0) is 10.6. The third-order valence-electron chi connectivity index (χ3n) is 2.55. The van der Waals surface area contributed by atoms with Gasteiger partial charge in [-0.15, -0.1) is 0 Å². The summed E-state index contributed by atoms with van der Waals surface area (Å²) >= 11 is 0. The van der Waals surface area contributed by atoms with E-state index in [9.17, 15) is 4.39 Å². The number of anilines is 1. The van der Waals surface area contributed by atoms with Crippen LogP contribution in [-0.2, 0) is 0 Å². The molecule has 1 nitrogen and oxygen atoms in total. The molecule has 0 bridgehead atoms. The maximum absolute atomic E-state index is 13.3. The van der Waals surface area contributed by atoms with E-state index in [1.807, 2.05) is 13.0 Å². The molecular formula is C12H18FN. The average Bonchev–Trinajstić information content (AvgIpc) is 2.16. The van der Waals surface area contributed by atoms with Crippen LogP contribution in [0.5, 0.6) is 0 Å². The fourth-order valence-electron chi connectivity index (χ4n) is 1.28. The van der Waals surface area contributed by atoms with Gasteiger partial charge in [0.15, 0.2) is 0 Å². The van der Waals surface area contributed by atoms with Crippen LogP contribution in [0.1, 0.15) is 25.8 Å². The van der Waals surface area contributed by atoms with Crippen LogP contribution in [0, 0.1) is 18.7 Å². The van der Waals surface area contributed by atoms with E-state index in [-0.39, 0.29) is 5.82 Å². The predicted octanol–water partition coefficient (Wildman–Crippen LogP) is 3.59. The fourth-order valence-corrected chi connectivity index (χ4v) is 1.28. The smallest absolute Gasteiger partial charge is 0.146 e. The molecule has 0 aromatic heterocycles. The summed E-state index contributed by atoms with van der Waals surface area (Å²) in [4.78, 5) is 0. The number of aryl methyl sites for hydroxylation is 1. The molecule has 0 heterocycles. The SMILES string of the molecule is CCC(C)CNc1c(C)cccc1F. The zero-order valence-corrected chi connectivity index (χ0v) is 9.10. The lowest BCUT2D eigenvalue weighted by molar-refractivity contribution is 0.585. The van der Waals surface area contributed by atoms with Crippen molar-refractivity contribution in [2.75, 3.05) is 11.9 Å². The first-order valence-electron chi connectivity index (χ1n) is 5.14. The molecule has 0 aliphatic heterocycles. The third kappa shape index (κ3) is 2.72. The lowest BCUT2D eigenvalue weighted by Crippen LogP contribution is -2.12. The summed E-state index contributed by atoms with van der Waals surface area (Å²) in [6.45, 7) is 7.05. The van der Waals surface area contributed by atoms with Gasteiger partial charge in [0.1, 0.15) is 5.82 Å². The van der Waals surface area contributed by atoms with Gasteiger partial charge in [0.2, 0.25) is 0 Å². The Kier molecular flexibility index (Phi) is 3.93. The van der Waals surface area contributed by atoms with Crippen molar-refractivity contribution < 1.29 is 4.39 Å². The minimum atomic E-state index is -0.159. The van der Waals surface area contributed by atoms with E-state index in [2.05, 4.69) is 19.2 Å². The van der Waals surface area contributed by atoms with Crippen LogP contribution in [-0.4, -0.2) is 6.54 Å². The molecule has 14 heavy (non-hydrogen) atoms. The molecule has 1 unspecified atom stereocenters. The number of hydrogen-bond acceptors (Lipinski definition) is 1. The van der Waals surface area contributed by atoms with Gasteiger partial charge < -0.3 is 5.32 Å². The quantitative estimate of drug-likeness (QED) is 0.774. The van der Waals surface area contributed by atoms with Crippen molar-refractivity contribution in [3.63, 3.8) is 0 Å². The predicted molar refractivity (Wildman–Crippen MR) is 59.1 cm³/mol. The molecule has 1 atom stereocenters. The Morgan fingerprint density at radius 2 is 2.14 bits per heavy atom. The highest BCUT2D eigenvalue weighted by Gasteiger charge is 2.05. The second kappa shape index (κ2) is 4.99. The monoisotopic (exact) mass is 195 g/mol. The number of halogens is 1. The van der Waals surface area contributed by atoms with E-state index in [4.69, 9.17) is 0 Å². The molecule has 2 heteroatoms. The van der Waals surface area contributed by atoms with E-state index < -0.39 is 0 Å². The van der Waals surface area contributed by atoms with E-state index in [1.165, 1.54) is 6.07 Å². The molecule has 0 saturated heterocycles. The molecule has 0 aliphatic rings. The average molecular weight is 195 g/mol. The molecule has 78 valence electrons. The Labute approximate surface area is 85.3 Å². The Hall–Kier alpha value is -1.05. The lowest BCUT2D eigenvalue weighted by atomic mass is 10.1. The Bertz CT molecular complexity index is 276. The summed E-state index contributed by atoms with van der Waals surface area (Å²) in [5, 5.41) is 3.16. The summed E-state index contributed by atoms with van der Waals surface area (Å²) in [6, 6.07) is 5.15. The largest absolute Gasteiger partial charge is 0.382 e. The van der Waals surface area contributed by atoms with Crippen molar-refractivity contribution in [1.29, 1.82) is 0 Å². The Morgan fingerprint density at radius 1 is 1.43 bits per heavy atom. The van der Waals surface area contributed by atoms with Gasteiger partial charge >= 0.3 is 0 Å². The summed E-state index contributed by atoms with van der Waals surface area (Å²) < 4.78 is 13.3. The normalized spacial score (nSPS) is 12.6. The molecule has 1 aromatic rings. The Balaban J connectivity index is 2.66. The molecule has 0 fully saturated rings. The number of para-hydroxylation sites is 1. The third-order valence-corrected chi connectivity index (χ3v) is 2.55. The molecule has 0 radical (unpaired) electrons. The first kappa shape index (κ1) is 11.0. The van der Waals surface area contributed by atoms with Crippen molar-refractivity contribution in [2.45, 2.75) is 27.2 Å². The van der Waals surface area contributed by atoms with Crippen LogP contribution in [0.2, 0.25) is 0 Å². The standard InChI is InChI=1S/C12H18FN/c1-4-9(2)8-14-12-10(3)6-5-7-11(12)13/h5-7,9,14H,4,8H2,1-3H3. The molecule has 0 saturated carbocycles. The summed E-state index contributed by atoms with van der Waals surface area (Å²) in [6.07, 6.45) is 1.11. The number of benzene rings is 1. The fraction of sp³-hybridized carbons (Fsp3) is 0.500. The van der Waals surface area contributed by atoms with Gasteiger partial charge in [-0.05, 0) is 24.5 Å². The maximum Gasteiger partial charge on any atom is 0.146 e. The van der Waals surface area contributed by atoms with Crippen LogP contribution >= 0.6 is 0 Å². The zero-order valence-electron chi connectivity index (χ0n) is 9.10. The van der Waals surface area contributed by atoms with Crippen molar-refractivity contribution in [1.82, 2.24) is 0 Å². The molecule has 0 aliphatic carbocycles. The minimum absolute atomic E-state index is 0.159. The second-order valence-electron chi connectivity index (χ2n) is 3.83. The molecule has 0 amide bonds. The lowest BCUT2D eigenvalue weighted by Gasteiger charge is -2.13. The van der Waals surface area contributed by atoms with E-state index in [1.54, 1.807) is 6.07 Å². The van der Waals surface area contributed by atoms with Crippen molar-refractivity contribution in [3.8, 4) is 0 Å². The van der Waals surface area contributed by atoms with Crippen molar-refractivity contribution in [3.05, 3.63) is 29.6 Å². The van der Waals surface area contributed by atoms with Gasteiger partial charge in [0, 0.05) is 6.54 Å². The van der Waals surface area contributed by atoms with Crippen LogP contribution in [0.4, 0.5) is 10.1 Å². The summed E-state index contributed by atoms with van der Waals surface area (Å²) in [5.74, 6) is 0.419. The maximum atomic E-state index is 13.3. The van der Waals surface area contributed by atoms with Gasteiger partial charge in [-0.3, -0.25) is 0 Å². The molecular weight excluding hydrogens is 177 g/mol. The highest BCUT2D eigenvalue weighted by atomic mass is 19.1. The Morgan fingerprint density at radius 3 is 2.71 bits per heavy atom. The van der Waals surface area contributed by atoms with Gasteiger partial charge in [-0.1, -0.05) is 32.4 Å². The van der Waals surface area contributed by atoms with Crippen LogP contribution in [0.25, 0.3) is 0 Å². The van der Waals surface area contributed by atoms with Crippen LogP contribution < -0.4 is 5.32 Å². The van der Waals surface area contributed by atoms with E-state index in [0.717, 1.165) is 18.5 Å². The van der Waals surface area contributed by atoms with Gasteiger partial charge in [-0.25, -0.2) is 4.39 Å². The molecule has 1 rings (SSSR count). The van der Waals surface area contributed by atoms with Crippen LogP contribution in [0.15, 0.2) is 18.2 Å². The number of hydrogen-bond donors (Lipinski definition) is 1. The molecule has 0 spiro atoms. The summed E-state index contributed by atoms with van der Waals surface area (Å²) in [7, 11) is 0. The molecule has 1 N–H and O–H groups in total. The second-order valence-corrected chi connectivity index (χ2v) is 3.83. The van der Waals surface area contributed by atoms with E-state index in [0.29, 0.717) is 11.6 Å². The minimum Gasteiger partial charge on any atom is -0.382 e. The van der Waals surface area contributed by atoms with Crippen LogP contribution in [0.3, 0.4) is 0 Å². The summed E-state index contributed by atoms with van der Waals surface area (Å²) in [5.41, 5.74) is 1.61. The first-order chi connectivity index (χ1) is 6.65. The number of rotatable bonds is 4. The van der Waals surface area contributed by atoms with Gasteiger partial charge in [0.25, 0.3) is 0 Å². The van der Waals surface area contributed by atoms with Gasteiger partial charge in [-0.2, -0.15) is 0 Å².